The number of hydrogen-bond donors (Lipinski definition) is 3. The highest BCUT2D eigenvalue weighted by molar-refractivity contribution is 5.82. The molecule has 0 saturated heterocycles. The Morgan fingerprint density at radius 2 is 2.15 bits per heavy atom. The van der Waals surface area contributed by atoms with Crippen molar-refractivity contribution in [3.63, 3.8) is 0 Å². The van der Waals surface area contributed by atoms with E-state index in [1.165, 1.54) is 0 Å². The van der Waals surface area contributed by atoms with Gasteiger partial charge in [-0.2, -0.15) is 0 Å². The van der Waals surface area contributed by atoms with Crippen LogP contribution in [0.15, 0.2) is 0 Å². The van der Waals surface area contributed by atoms with Crippen molar-refractivity contribution in [2.24, 2.45) is 5.73 Å². The van der Waals surface area contributed by atoms with Gasteiger partial charge in [0.2, 0.25) is 5.91 Å². The topological polar surface area (TPSA) is 92.4 Å². The number of carboxylic acids is 1. The van der Waals surface area contributed by atoms with E-state index in [0.717, 1.165) is 6.42 Å². The molecule has 0 bridgehead atoms. The van der Waals surface area contributed by atoms with Gasteiger partial charge in [-0.05, 0) is 12.8 Å². The average Bonchev–Trinajstić information content (AvgIpc) is 2.10. The number of nitrogens with two attached hydrogens (primary N) is 1. The van der Waals surface area contributed by atoms with Gasteiger partial charge >= 0.3 is 5.97 Å². The lowest BCUT2D eigenvalue weighted by Gasteiger charge is -2.09. The minimum atomic E-state index is -0.932. The average molecular weight is 188 g/mol. The summed E-state index contributed by atoms with van der Waals surface area (Å²) in [5.41, 5.74) is 5.43. The van der Waals surface area contributed by atoms with Crippen molar-refractivity contribution in [3.8, 4) is 0 Å². The maximum Gasteiger partial charge on any atom is 0.303 e. The SMILES string of the molecule is CCCNC(=O)[C@H](N)CCC(=O)O. The van der Waals surface area contributed by atoms with Crippen molar-refractivity contribution in [1.82, 2.24) is 5.32 Å². The summed E-state index contributed by atoms with van der Waals surface area (Å²) in [5.74, 6) is -1.21. The number of nitrogens with one attached hydrogen (secondary N) is 1. The fourth-order valence-electron chi connectivity index (χ4n) is 0.789. The Bertz CT molecular complexity index is 182. The number of rotatable bonds is 6. The van der Waals surface area contributed by atoms with Crippen LogP contribution in [0.3, 0.4) is 0 Å². The lowest BCUT2D eigenvalue weighted by Crippen LogP contribution is -2.41. The summed E-state index contributed by atoms with van der Waals surface area (Å²) in [6, 6.07) is -0.706. The Labute approximate surface area is 77.3 Å². The molecule has 0 spiro atoms. The molecule has 0 saturated carbocycles. The maximum absolute atomic E-state index is 11.1. The van der Waals surface area contributed by atoms with Crippen LogP contribution >= 0.6 is 0 Å². The van der Waals surface area contributed by atoms with E-state index in [1.54, 1.807) is 0 Å². The zero-order valence-corrected chi connectivity index (χ0v) is 7.75. The van der Waals surface area contributed by atoms with Gasteiger partial charge in [0.05, 0.1) is 6.04 Å². The first-order valence-electron chi connectivity index (χ1n) is 4.33. The Morgan fingerprint density at radius 1 is 1.54 bits per heavy atom. The number of carbonyl (C=O) groups is 2. The summed E-state index contributed by atoms with van der Waals surface area (Å²) >= 11 is 0. The van der Waals surface area contributed by atoms with E-state index in [0.29, 0.717) is 6.54 Å². The van der Waals surface area contributed by atoms with Crippen LogP contribution in [0.4, 0.5) is 0 Å². The summed E-state index contributed by atoms with van der Waals surface area (Å²) in [6.45, 7) is 2.52. The van der Waals surface area contributed by atoms with Crippen molar-refractivity contribution < 1.29 is 14.7 Å². The lowest BCUT2D eigenvalue weighted by molar-refractivity contribution is -0.137. The first kappa shape index (κ1) is 11.9. The summed E-state index contributed by atoms with van der Waals surface area (Å²) in [7, 11) is 0. The number of carboxylic acid groups (broad SMARTS) is 1. The number of aliphatic carboxylic acids is 1. The molecule has 0 rings (SSSR count). The Morgan fingerprint density at radius 3 is 2.62 bits per heavy atom. The molecule has 0 aliphatic rings. The predicted octanol–water partition coefficient (Wildman–Crippen LogP) is -0.295. The molecular weight excluding hydrogens is 172 g/mol. The smallest absolute Gasteiger partial charge is 0.303 e. The van der Waals surface area contributed by atoms with Gasteiger partial charge in [0.1, 0.15) is 0 Å². The fourth-order valence-corrected chi connectivity index (χ4v) is 0.789. The van der Waals surface area contributed by atoms with Crippen LogP contribution in [0, 0.1) is 0 Å². The molecule has 5 nitrogen and oxygen atoms in total. The molecular formula is C8H16N2O3. The molecule has 0 radical (unpaired) electrons. The number of amides is 1. The van der Waals surface area contributed by atoms with Crippen LogP contribution in [0.25, 0.3) is 0 Å². The molecule has 0 aromatic carbocycles. The summed E-state index contributed by atoms with van der Waals surface area (Å²) in [4.78, 5) is 21.2. The van der Waals surface area contributed by atoms with Crippen molar-refractivity contribution in [2.75, 3.05) is 6.54 Å². The zero-order chi connectivity index (χ0) is 10.3. The Balaban J connectivity index is 3.62. The molecule has 0 heterocycles. The molecule has 0 unspecified atom stereocenters. The number of hydrogen-bond acceptors (Lipinski definition) is 3. The van der Waals surface area contributed by atoms with Crippen LogP contribution in [0.1, 0.15) is 26.2 Å². The second-order valence-electron chi connectivity index (χ2n) is 2.83. The highest BCUT2D eigenvalue weighted by atomic mass is 16.4. The van der Waals surface area contributed by atoms with Crippen molar-refractivity contribution in [2.45, 2.75) is 32.2 Å². The van der Waals surface area contributed by atoms with Gasteiger partial charge < -0.3 is 16.2 Å². The third-order valence-electron chi connectivity index (χ3n) is 1.56. The van der Waals surface area contributed by atoms with Gasteiger partial charge in [-0.15, -0.1) is 0 Å². The maximum atomic E-state index is 11.1. The number of carbonyl (C=O) groups excluding carboxylic acids is 1. The third kappa shape index (κ3) is 6.10. The van der Waals surface area contributed by atoms with E-state index in [4.69, 9.17) is 10.8 Å². The van der Waals surface area contributed by atoms with Crippen molar-refractivity contribution >= 4 is 11.9 Å². The molecule has 0 aliphatic carbocycles. The van der Waals surface area contributed by atoms with E-state index in [1.807, 2.05) is 6.92 Å². The van der Waals surface area contributed by atoms with Crippen LogP contribution in [0.2, 0.25) is 0 Å². The highest BCUT2D eigenvalue weighted by Gasteiger charge is 2.13. The van der Waals surface area contributed by atoms with Crippen molar-refractivity contribution in [1.29, 1.82) is 0 Å². The Hall–Kier alpha value is -1.10. The second-order valence-corrected chi connectivity index (χ2v) is 2.83. The minimum Gasteiger partial charge on any atom is -0.481 e. The second kappa shape index (κ2) is 6.42. The first-order valence-corrected chi connectivity index (χ1v) is 4.33. The molecule has 4 N–H and O–H groups in total. The molecule has 76 valence electrons. The van der Waals surface area contributed by atoms with Gasteiger partial charge in [-0.25, -0.2) is 0 Å². The van der Waals surface area contributed by atoms with Crippen LogP contribution < -0.4 is 11.1 Å². The largest absolute Gasteiger partial charge is 0.481 e. The fraction of sp³-hybridized carbons (Fsp3) is 0.750. The molecule has 5 heteroatoms. The molecule has 0 fully saturated rings. The van der Waals surface area contributed by atoms with Gasteiger partial charge in [0.25, 0.3) is 0 Å². The third-order valence-corrected chi connectivity index (χ3v) is 1.56. The van der Waals surface area contributed by atoms with Gasteiger partial charge in [-0.1, -0.05) is 6.92 Å². The van der Waals surface area contributed by atoms with E-state index in [-0.39, 0.29) is 18.7 Å². The Kier molecular flexibility index (Phi) is 5.88. The quantitative estimate of drug-likeness (QED) is 0.533. The standard InChI is InChI=1S/C8H16N2O3/c1-2-5-10-8(13)6(9)3-4-7(11)12/h6H,2-5,9H2,1H3,(H,10,13)(H,11,12)/t6-/m1/s1. The van der Waals surface area contributed by atoms with Gasteiger partial charge in [-0.3, -0.25) is 9.59 Å². The lowest BCUT2D eigenvalue weighted by atomic mass is 10.1. The summed E-state index contributed by atoms with van der Waals surface area (Å²) in [6.07, 6.45) is 0.961. The van der Waals surface area contributed by atoms with E-state index in [2.05, 4.69) is 5.32 Å². The molecule has 1 amide bonds. The molecule has 13 heavy (non-hydrogen) atoms. The van der Waals surface area contributed by atoms with Gasteiger partial charge in [0.15, 0.2) is 0 Å². The predicted molar refractivity (Wildman–Crippen MR) is 48.1 cm³/mol. The summed E-state index contributed by atoms with van der Waals surface area (Å²) in [5, 5.41) is 10.9. The molecule has 0 aromatic heterocycles. The monoisotopic (exact) mass is 188 g/mol. The molecule has 0 aliphatic heterocycles. The normalized spacial score (nSPS) is 12.2. The minimum absolute atomic E-state index is 0.0687. The van der Waals surface area contributed by atoms with E-state index < -0.39 is 12.0 Å². The van der Waals surface area contributed by atoms with Crippen LogP contribution in [-0.4, -0.2) is 29.6 Å². The molecule has 0 aromatic rings. The van der Waals surface area contributed by atoms with Crippen LogP contribution in [0.5, 0.6) is 0 Å². The first-order chi connectivity index (χ1) is 6.07. The highest BCUT2D eigenvalue weighted by Crippen LogP contribution is 1.94. The summed E-state index contributed by atoms with van der Waals surface area (Å²) < 4.78 is 0. The van der Waals surface area contributed by atoms with E-state index in [9.17, 15) is 9.59 Å². The zero-order valence-electron chi connectivity index (χ0n) is 7.75. The van der Waals surface area contributed by atoms with E-state index >= 15 is 0 Å². The van der Waals surface area contributed by atoms with Crippen molar-refractivity contribution in [3.05, 3.63) is 0 Å². The molecule has 1 atom stereocenters. The van der Waals surface area contributed by atoms with Crippen LogP contribution in [-0.2, 0) is 9.59 Å². The van der Waals surface area contributed by atoms with Gasteiger partial charge in [0, 0.05) is 13.0 Å².